The zero-order valence-corrected chi connectivity index (χ0v) is 16.5. The Morgan fingerprint density at radius 3 is 2.61 bits per heavy atom. The van der Waals surface area contributed by atoms with Crippen LogP contribution in [0.15, 0.2) is 57.7 Å². The maximum Gasteiger partial charge on any atom is 0.257 e. The van der Waals surface area contributed by atoms with E-state index < -0.39 is 0 Å². The number of hydrogen-bond acceptors (Lipinski definition) is 4. The summed E-state index contributed by atoms with van der Waals surface area (Å²) in [4.78, 5) is 24.8. The monoisotopic (exact) mass is 379 g/mol. The van der Waals surface area contributed by atoms with E-state index in [1.54, 1.807) is 25.1 Å². The molecule has 3 aromatic rings. The highest BCUT2D eigenvalue weighted by molar-refractivity contribution is 5.84. The highest BCUT2D eigenvalue weighted by Gasteiger charge is 2.14. The van der Waals surface area contributed by atoms with Crippen molar-refractivity contribution in [1.29, 1.82) is 0 Å². The Morgan fingerprint density at radius 1 is 1.14 bits per heavy atom. The Labute approximate surface area is 164 Å². The number of amides is 1. The summed E-state index contributed by atoms with van der Waals surface area (Å²) in [5.74, 6) is 1.40. The Morgan fingerprint density at radius 2 is 1.89 bits per heavy atom. The van der Waals surface area contributed by atoms with Crippen molar-refractivity contribution in [3.05, 3.63) is 64.5 Å². The number of nitrogens with one attached hydrogen (secondary N) is 1. The summed E-state index contributed by atoms with van der Waals surface area (Å²) in [6, 6.07) is 14.5. The van der Waals surface area contributed by atoms with Gasteiger partial charge in [-0.1, -0.05) is 44.2 Å². The summed E-state index contributed by atoms with van der Waals surface area (Å²) in [5.41, 5.74) is 1.75. The molecule has 2 aromatic carbocycles. The summed E-state index contributed by atoms with van der Waals surface area (Å²) >= 11 is 0. The number of carbonyl (C=O) groups excluding carboxylic acids is 1. The van der Waals surface area contributed by atoms with Gasteiger partial charge in [-0.3, -0.25) is 9.59 Å². The van der Waals surface area contributed by atoms with Gasteiger partial charge in [0.25, 0.3) is 5.91 Å². The van der Waals surface area contributed by atoms with Gasteiger partial charge in [0.15, 0.2) is 6.61 Å². The van der Waals surface area contributed by atoms with E-state index >= 15 is 0 Å². The van der Waals surface area contributed by atoms with Gasteiger partial charge < -0.3 is 14.5 Å². The molecule has 0 aliphatic carbocycles. The van der Waals surface area contributed by atoms with Gasteiger partial charge in [-0.05, 0) is 37.0 Å². The van der Waals surface area contributed by atoms with Crippen molar-refractivity contribution in [3.63, 3.8) is 0 Å². The topological polar surface area (TPSA) is 68.5 Å². The second-order valence-corrected chi connectivity index (χ2v) is 7.21. The number of ether oxygens (including phenoxy) is 1. The molecule has 0 saturated carbocycles. The van der Waals surface area contributed by atoms with Crippen molar-refractivity contribution in [2.75, 3.05) is 13.2 Å². The molecule has 3 rings (SSSR count). The molecule has 1 N–H and O–H groups in total. The van der Waals surface area contributed by atoms with Crippen LogP contribution < -0.4 is 15.5 Å². The number of benzene rings is 2. The van der Waals surface area contributed by atoms with Crippen molar-refractivity contribution in [1.82, 2.24) is 5.32 Å². The summed E-state index contributed by atoms with van der Waals surface area (Å²) in [7, 11) is 0. The van der Waals surface area contributed by atoms with Gasteiger partial charge in [0.1, 0.15) is 17.1 Å². The average Bonchev–Trinajstić information content (AvgIpc) is 2.66. The third kappa shape index (κ3) is 4.60. The zero-order valence-electron chi connectivity index (χ0n) is 16.5. The van der Waals surface area contributed by atoms with Gasteiger partial charge in [-0.25, -0.2) is 0 Å². The predicted molar refractivity (Wildman–Crippen MR) is 111 cm³/mol. The van der Waals surface area contributed by atoms with Gasteiger partial charge in [-0.2, -0.15) is 0 Å². The Balaban J connectivity index is 1.78. The third-order valence-electron chi connectivity index (χ3n) is 4.52. The first kappa shape index (κ1) is 19.7. The van der Waals surface area contributed by atoms with E-state index in [0.717, 1.165) is 12.0 Å². The van der Waals surface area contributed by atoms with Crippen LogP contribution >= 0.6 is 0 Å². The Bertz CT molecular complexity index is 1020. The lowest BCUT2D eigenvalue weighted by Crippen LogP contribution is -2.30. The minimum atomic E-state index is -0.169. The molecule has 5 nitrogen and oxygen atoms in total. The minimum Gasteiger partial charge on any atom is -0.484 e. The average molecular weight is 379 g/mol. The number of aryl methyl sites for hydroxylation is 1. The Hall–Kier alpha value is -3.08. The standard InChI is InChI=1S/C23H25NO4/c1-15(2)11-12-24-21(25)14-27-18-9-10-19-20(13-18)28-16(3)22(23(19)26)17-7-5-4-6-8-17/h4-10,13,15H,11-12,14H2,1-3H3,(H,24,25). The molecule has 5 heteroatoms. The fraction of sp³-hybridized carbons (Fsp3) is 0.304. The second kappa shape index (κ2) is 8.74. The van der Waals surface area contributed by atoms with E-state index in [1.165, 1.54) is 0 Å². The van der Waals surface area contributed by atoms with Crippen LogP contribution in [0, 0.1) is 12.8 Å². The van der Waals surface area contributed by atoms with Crippen molar-refractivity contribution >= 4 is 16.9 Å². The van der Waals surface area contributed by atoms with Gasteiger partial charge in [0.05, 0.1) is 10.9 Å². The van der Waals surface area contributed by atoms with Crippen molar-refractivity contribution in [2.24, 2.45) is 5.92 Å². The summed E-state index contributed by atoms with van der Waals surface area (Å²) in [6.07, 6.45) is 0.926. The van der Waals surface area contributed by atoms with Crippen molar-refractivity contribution in [2.45, 2.75) is 27.2 Å². The molecule has 0 radical (unpaired) electrons. The van der Waals surface area contributed by atoms with E-state index in [4.69, 9.17) is 9.15 Å². The number of hydrogen-bond donors (Lipinski definition) is 1. The minimum absolute atomic E-state index is 0.0745. The molecule has 0 aliphatic rings. The van der Waals surface area contributed by atoms with Crippen LogP contribution in [-0.2, 0) is 4.79 Å². The van der Waals surface area contributed by atoms with Gasteiger partial charge >= 0.3 is 0 Å². The smallest absolute Gasteiger partial charge is 0.257 e. The van der Waals surface area contributed by atoms with E-state index in [0.29, 0.717) is 40.5 Å². The molecule has 0 fully saturated rings. The molecule has 0 spiro atoms. The van der Waals surface area contributed by atoms with E-state index in [9.17, 15) is 9.59 Å². The molecular weight excluding hydrogens is 354 g/mol. The number of carbonyl (C=O) groups is 1. The first-order valence-corrected chi connectivity index (χ1v) is 9.48. The lowest BCUT2D eigenvalue weighted by molar-refractivity contribution is -0.123. The molecule has 28 heavy (non-hydrogen) atoms. The fourth-order valence-electron chi connectivity index (χ4n) is 3.01. The maximum absolute atomic E-state index is 12.9. The third-order valence-corrected chi connectivity index (χ3v) is 4.52. The highest BCUT2D eigenvalue weighted by atomic mass is 16.5. The van der Waals surface area contributed by atoms with E-state index in [-0.39, 0.29) is 17.9 Å². The van der Waals surface area contributed by atoms with Crippen molar-refractivity contribution < 1.29 is 13.9 Å². The summed E-state index contributed by atoms with van der Waals surface area (Å²) in [6.45, 7) is 6.55. The number of fused-ring (bicyclic) bond motifs is 1. The second-order valence-electron chi connectivity index (χ2n) is 7.21. The van der Waals surface area contributed by atoms with Gasteiger partial charge in [-0.15, -0.1) is 0 Å². The van der Waals surface area contributed by atoms with Crippen LogP contribution in [0.1, 0.15) is 26.0 Å². The van der Waals surface area contributed by atoms with Crippen LogP contribution in [0.5, 0.6) is 5.75 Å². The highest BCUT2D eigenvalue weighted by Crippen LogP contribution is 2.26. The first-order valence-electron chi connectivity index (χ1n) is 9.48. The maximum atomic E-state index is 12.9. The van der Waals surface area contributed by atoms with Crippen LogP contribution in [0.2, 0.25) is 0 Å². The van der Waals surface area contributed by atoms with E-state index in [1.807, 2.05) is 30.3 Å². The first-order chi connectivity index (χ1) is 13.5. The fourth-order valence-corrected chi connectivity index (χ4v) is 3.01. The van der Waals surface area contributed by atoms with Crippen LogP contribution in [-0.4, -0.2) is 19.1 Å². The van der Waals surface area contributed by atoms with Crippen LogP contribution in [0.3, 0.4) is 0 Å². The molecule has 1 heterocycles. The SMILES string of the molecule is Cc1oc2cc(OCC(=O)NCCC(C)C)ccc2c(=O)c1-c1ccccc1. The molecular formula is C23H25NO4. The molecule has 0 aliphatic heterocycles. The molecule has 146 valence electrons. The molecule has 0 saturated heterocycles. The van der Waals surface area contributed by atoms with Crippen LogP contribution in [0.25, 0.3) is 22.1 Å². The zero-order chi connectivity index (χ0) is 20.1. The Kier molecular flexibility index (Phi) is 6.14. The largest absolute Gasteiger partial charge is 0.484 e. The quantitative estimate of drug-likeness (QED) is 0.664. The predicted octanol–water partition coefficient (Wildman–Crippen LogP) is 4.31. The molecule has 1 aromatic heterocycles. The van der Waals surface area contributed by atoms with E-state index in [2.05, 4.69) is 19.2 Å². The normalized spacial score (nSPS) is 11.0. The van der Waals surface area contributed by atoms with Gasteiger partial charge in [0.2, 0.25) is 5.43 Å². The molecule has 0 unspecified atom stereocenters. The molecule has 0 bridgehead atoms. The lowest BCUT2D eigenvalue weighted by atomic mass is 10.0. The van der Waals surface area contributed by atoms with Gasteiger partial charge in [0, 0.05) is 12.6 Å². The van der Waals surface area contributed by atoms with Crippen molar-refractivity contribution in [3.8, 4) is 16.9 Å². The molecule has 0 atom stereocenters. The lowest BCUT2D eigenvalue weighted by Gasteiger charge is -2.10. The molecule has 1 amide bonds. The summed E-state index contributed by atoms with van der Waals surface area (Å²) in [5, 5.41) is 3.31. The van der Waals surface area contributed by atoms with Crippen LogP contribution in [0.4, 0.5) is 0 Å². The summed E-state index contributed by atoms with van der Waals surface area (Å²) < 4.78 is 11.4. The number of rotatable bonds is 7.